The second-order valence-corrected chi connectivity index (χ2v) is 6.81. The Hall–Kier alpha value is -1.02. The molecular weight excluding hydrogens is 258 g/mol. The molecule has 3 heteroatoms. The fourth-order valence-corrected chi connectivity index (χ4v) is 3.10. The lowest BCUT2D eigenvalue weighted by Gasteiger charge is -2.07. The summed E-state index contributed by atoms with van der Waals surface area (Å²) < 4.78 is 0. The fraction of sp³-hybridized carbons (Fsp3) is 0.562. The second-order valence-electron chi connectivity index (χ2n) is 6.54. The van der Waals surface area contributed by atoms with Crippen molar-refractivity contribution in [3.05, 3.63) is 35.4 Å². The molecule has 2 nitrogen and oxygen atoms in total. The lowest BCUT2D eigenvalue weighted by molar-refractivity contribution is 0.0950. The summed E-state index contributed by atoms with van der Waals surface area (Å²) in [7, 11) is 0. The first kappa shape index (κ1) is 14.4. The largest absolute Gasteiger partial charge is 0.352 e. The van der Waals surface area contributed by atoms with E-state index in [1.54, 1.807) is 0 Å². The molecule has 104 valence electrons. The summed E-state index contributed by atoms with van der Waals surface area (Å²) in [6.45, 7) is 9.79. The van der Waals surface area contributed by atoms with Crippen LogP contribution in [0, 0.1) is 16.7 Å². The van der Waals surface area contributed by atoms with E-state index in [2.05, 4.69) is 33.0 Å². The van der Waals surface area contributed by atoms with Gasteiger partial charge in [-0.05, 0) is 34.4 Å². The van der Waals surface area contributed by atoms with Crippen molar-refractivity contribution < 1.29 is 4.79 Å². The smallest absolute Gasteiger partial charge is 0.251 e. The minimum absolute atomic E-state index is 0.00883. The van der Waals surface area contributed by atoms with Crippen molar-refractivity contribution in [2.24, 2.45) is 16.7 Å². The van der Waals surface area contributed by atoms with Crippen LogP contribution in [0.1, 0.15) is 43.6 Å². The van der Waals surface area contributed by atoms with Gasteiger partial charge >= 0.3 is 0 Å². The zero-order valence-electron chi connectivity index (χ0n) is 12.1. The van der Waals surface area contributed by atoms with Crippen LogP contribution < -0.4 is 5.32 Å². The van der Waals surface area contributed by atoms with Gasteiger partial charge in [0, 0.05) is 18.0 Å². The van der Waals surface area contributed by atoms with Crippen molar-refractivity contribution in [1.82, 2.24) is 5.32 Å². The minimum Gasteiger partial charge on any atom is -0.352 e. The summed E-state index contributed by atoms with van der Waals surface area (Å²) in [5.41, 5.74) is 2.27. The van der Waals surface area contributed by atoms with Crippen LogP contribution >= 0.6 is 11.6 Å². The van der Waals surface area contributed by atoms with Gasteiger partial charge in [-0.2, -0.15) is 0 Å². The number of amides is 1. The summed E-state index contributed by atoms with van der Waals surface area (Å²) in [4.78, 5) is 12.1. The van der Waals surface area contributed by atoms with Crippen LogP contribution in [0.2, 0.25) is 0 Å². The van der Waals surface area contributed by atoms with Crippen LogP contribution in [0.4, 0.5) is 0 Å². The van der Waals surface area contributed by atoms with Crippen LogP contribution in [-0.2, 0) is 5.88 Å². The molecule has 2 rings (SSSR count). The van der Waals surface area contributed by atoms with Crippen LogP contribution in [0.5, 0.6) is 0 Å². The third kappa shape index (κ3) is 2.51. The van der Waals surface area contributed by atoms with Crippen molar-refractivity contribution in [3.63, 3.8) is 0 Å². The maximum atomic E-state index is 12.1. The van der Waals surface area contributed by atoms with E-state index in [9.17, 15) is 4.79 Å². The molecule has 1 aliphatic rings. The average molecular weight is 280 g/mol. The van der Waals surface area contributed by atoms with Crippen LogP contribution in [0.25, 0.3) is 0 Å². The lowest BCUT2D eigenvalue weighted by atomic mass is 10.0. The first-order chi connectivity index (χ1) is 8.80. The number of halogens is 1. The average Bonchev–Trinajstić information content (AvgIpc) is 2.77. The molecule has 0 spiro atoms. The van der Waals surface area contributed by atoms with Crippen LogP contribution in [0.3, 0.4) is 0 Å². The highest BCUT2D eigenvalue weighted by atomic mass is 35.5. The summed E-state index contributed by atoms with van der Waals surface area (Å²) in [5.74, 6) is 0.967. The van der Waals surface area contributed by atoms with Gasteiger partial charge in [-0.25, -0.2) is 0 Å². The molecule has 0 unspecified atom stereocenters. The van der Waals surface area contributed by atoms with E-state index in [0.717, 1.165) is 12.1 Å². The van der Waals surface area contributed by atoms with Gasteiger partial charge in [0.1, 0.15) is 0 Å². The molecule has 1 aliphatic carbocycles. The van der Waals surface area contributed by atoms with E-state index in [0.29, 0.717) is 28.2 Å². The zero-order chi connectivity index (χ0) is 14.3. The Kier molecular flexibility index (Phi) is 3.65. The van der Waals surface area contributed by atoms with Crippen molar-refractivity contribution >= 4 is 17.5 Å². The van der Waals surface area contributed by atoms with E-state index in [4.69, 9.17) is 11.6 Å². The van der Waals surface area contributed by atoms with E-state index in [1.807, 2.05) is 24.3 Å². The highest BCUT2D eigenvalue weighted by Gasteiger charge is 2.64. The number of benzene rings is 1. The normalized spacial score (nSPS) is 20.1. The predicted octanol–water partition coefficient (Wildman–Crippen LogP) is 3.84. The highest BCUT2D eigenvalue weighted by Crippen LogP contribution is 2.67. The number of carbonyl (C=O) groups is 1. The Bertz CT molecular complexity index is 479. The van der Waals surface area contributed by atoms with Gasteiger partial charge in [-0.15, -0.1) is 11.6 Å². The molecule has 1 N–H and O–H groups in total. The summed E-state index contributed by atoms with van der Waals surface area (Å²) >= 11 is 5.78. The van der Waals surface area contributed by atoms with Gasteiger partial charge in [-0.3, -0.25) is 4.79 Å². The van der Waals surface area contributed by atoms with Crippen molar-refractivity contribution in [1.29, 1.82) is 0 Å². The van der Waals surface area contributed by atoms with Gasteiger partial charge in [-0.1, -0.05) is 39.8 Å². The quantitative estimate of drug-likeness (QED) is 0.834. The Balaban J connectivity index is 1.96. The summed E-state index contributed by atoms with van der Waals surface area (Å²) in [6.07, 6.45) is 0. The van der Waals surface area contributed by atoms with E-state index in [1.165, 1.54) is 0 Å². The third-order valence-electron chi connectivity index (χ3n) is 5.13. The molecule has 0 heterocycles. The molecule has 1 aromatic rings. The van der Waals surface area contributed by atoms with E-state index in [-0.39, 0.29) is 5.91 Å². The van der Waals surface area contributed by atoms with Crippen molar-refractivity contribution in [3.8, 4) is 0 Å². The van der Waals surface area contributed by atoms with Gasteiger partial charge in [0.15, 0.2) is 0 Å². The standard InChI is InChI=1S/C16H22ClNO/c1-15(2)13(16(15,3)4)10-18-14(19)12-7-5-6-11(8-12)9-17/h5-8,13H,9-10H2,1-4H3,(H,18,19). The topological polar surface area (TPSA) is 29.1 Å². The van der Waals surface area contributed by atoms with E-state index < -0.39 is 0 Å². The third-order valence-corrected chi connectivity index (χ3v) is 5.44. The molecule has 0 radical (unpaired) electrons. The Morgan fingerprint density at radius 3 is 2.42 bits per heavy atom. The molecule has 0 saturated heterocycles. The molecule has 1 saturated carbocycles. The van der Waals surface area contributed by atoms with Gasteiger partial charge in [0.25, 0.3) is 5.91 Å². The first-order valence-electron chi connectivity index (χ1n) is 6.74. The molecule has 0 aliphatic heterocycles. The monoisotopic (exact) mass is 279 g/mol. The fourth-order valence-electron chi connectivity index (χ4n) is 2.94. The minimum atomic E-state index is -0.00883. The number of alkyl halides is 1. The Morgan fingerprint density at radius 2 is 1.89 bits per heavy atom. The van der Waals surface area contributed by atoms with Crippen LogP contribution in [0.15, 0.2) is 24.3 Å². The first-order valence-corrected chi connectivity index (χ1v) is 7.27. The van der Waals surface area contributed by atoms with Crippen molar-refractivity contribution in [2.75, 3.05) is 6.54 Å². The SMILES string of the molecule is CC1(C)C(CNC(=O)c2cccc(CCl)c2)C1(C)C. The maximum absolute atomic E-state index is 12.1. The Morgan fingerprint density at radius 1 is 1.26 bits per heavy atom. The van der Waals surface area contributed by atoms with Crippen LogP contribution in [-0.4, -0.2) is 12.5 Å². The number of rotatable bonds is 4. The summed E-state index contributed by atoms with van der Waals surface area (Å²) in [5, 5.41) is 3.04. The molecule has 0 atom stereocenters. The maximum Gasteiger partial charge on any atom is 0.251 e. The lowest BCUT2D eigenvalue weighted by Crippen LogP contribution is -2.27. The molecule has 19 heavy (non-hydrogen) atoms. The molecule has 1 aromatic carbocycles. The van der Waals surface area contributed by atoms with Crippen molar-refractivity contribution in [2.45, 2.75) is 33.6 Å². The summed E-state index contributed by atoms with van der Waals surface area (Å²) in [6, 6.07) is 7.48. The number of hydrogen-bond donors (Lipinski definition) is 1. The molecule has 0 aromatic heterocycles. The molecular formula is C16H22ClNO. The van der Waals surface area contributed by atoms with E-state index >= 15 is 0 Å². The Labute approximate surface area is 120 Å². The molecule has 1 fully saturated rings. The number of hydrogen-bond acceptors (Lipinski definition) is 1. The molecule has 1 amide bonds. The van der Waals surface area contributed by atoms with Gasteiger partial charge < -0.3 is 5.32 Å². The zero-order valence-corrected chi connectivity index (χ0v) is 12.8. The number of nitrogens with one attached hydrogen (secondary N) is 1. The molecule has 0 bridgehead atoms. The van der Waals surface area contributed by atoms with Gasteiger partial charge in [0.2, 0.25) is 0 Å². The number of carbonyl (C=O) groups excluding carboxylic acids is 1. The predicted molar refractivity (Wildman–Crippen MR) is 79.4 cm³/mol. The van der Waals surface area contributed by atoms with Gasteiger partial charge in [0.05, 0.1) is 0 Å². The highest BCUT2D eigenvalue weighted by molar-refractivity contribution is 6.17. The second kappa shape index (κ2) is 4.82.